The number of carbonyl (C=O) groups is 1. The molecule has 1 amide bonds. The molecule has 0 saturated carbocycles. The Morgan fingerprint density at radius 3 is 2.59 bits per heavy atom. The largest absolute Gasteiger partial charge is 0.508 e. The number of halogens is 2. The lowest BCUT2D eigenvalue weighted by atomic mass is 10.1. The Kier molecular flexibility index (Phi) is 7.41. The number of hydrogen-bond donors (Lipinski definition) is 2. The minimum Gasteiger partial charge on any atom is -0.508 e. The molecular weight excluding hydrogens is 453 g/mol. The predicted molar refractivity (Wildman–Crippen MR) is 124 cm³/mol. The van der Waals surface area contributed by atoms with Gasteiger partial charge in [-0.25, -0.2) is 4.79 Å². The second-order valence-corrected chi connectivity index (χ2v) is 7.72. The zero-order chi connectivity index (χ0) is 23.3. The topological polar surface area (TPSA) is 93.3 Å². The number of phenolic OH excluding ortho intramolecular Hbond substituents is 1. The first-order valence-corrected chi connectivity index (χ1v) is 10.3. The van der Waals surface area contributed by atoms with Crippen molar-refractivity contribution in [3.05, 3.63) is 90.7 Å². The molecule has 0 aliphatic heterocycles. The van der Waals surface area contributed by atoms with Crippen LogP contribution >= 0.6 is 23.2 Å². The molecule has 0 radical (unpaired) electrons. The fourth-order valence-corrected chi connectivity index (χ4v) is 3.41. The summed E-state index contributed by atoms with van der Waals surface area (Å²) in [5.41, 5.74) is -0.146. The van der Waals surface area contributed by atoms with Gasteiger partial charge in [0.25, 0.3) is 5.56 Å². The van der Waals surface area contributed by atoms with E-state index in [0.717, 1.165) is 14.7 Å². The number of hydrogen-bond acceptors (Lipinski definition) is 4. The number of amides is 1. The van der Waals surface area contributed by atoms with Gasteiger partial charge in [-0.2, -0.15) is 0 Å². The number of nitrogens with zero attached hydrogens (tertiary/aromatic N) is 2. The minimum absolute atomic E-state index is 0.0666. The predicted octanol–water partition coefficient (Wildman–Crippen LogP) is 3.18. The molecular formula is C23H19Cl2N3O4. The maximum absolute atomic E-state index is 12.5. The molecule has 0 aliphatic rings. The Hall–Kier alpha value is -3.47. The number of aromatic nitrogens is 2. The van der Waals surface area contributed by atoms with E-state index in [9.17, 15) is 19.5 Å². The summed E-state index contributed by atoms with van der Waals surface area (Å²) in [5, 5.41) is 12.4. The number of benzene rings is 2. The summed E-state index contributed by atoms with van der Waals surface area (Å²) in [6.07, 6.45) is 0.510. The second kappa shape index (κ2) is 10.2. The average molecular weight is 472 g/mol. The summed E-state index contributed by atoms with van der Waals surface area (Å²) >= 11 is 12.2. The molecule has 0 spiro atoms. The highest BCUT2D eigenvalue weighted by molar-refractivity contribution is 6.32. The summed E-state index contributed by atoms with van der Waals surface area (Å²) in [6, 6.07) is 13.5. The van der Waals surface area contributed by atoms with Crippen LogP contribution in [-0.2, 0) is 24.8 Å². The van der Waals surface area contributed by atoms with Gasteiger partial charge >= 0.3 is 5.69 Å². The zero-order valence-electron chi connectivity index (χ0n) is 17.1. The van der Waals surface area contributed by atoms with Gasteiger partial charge in [0.1, 0.15) is 16.6 Å². The van der Waals surface area contributed by atoms with Gasteiger partial charge in [-0.15, -0.1) is 0 Å². The normalized spacial score (nSPS) is 10.3. The number of aryl methyl sites for hydroxylation is 1. The molecule has 0 aliphatic carbocycles. The number of nitrogens with one attached hydrogen (secondary N) is 1. The van der Waals surface area contributed by atoms with Crippen molar-refractivity contribution in [3.8, 4) is 17.6 Å². The molecule has 7 nitrogen and oxygen atoms in total. The van der Waals surface area contributed by atoms with E-state index in [0.29, 0.717) is 17.0 Å². The molecule has 3 rings (SSSR count). The monoisotopic (exact) mass is 471 g/mol. The molecule has 0 atom stereocenters. The standard InChI is InChI=1S/C23H19Cl2N3O4/c1-27-22(31)20(26-19(30)11-10-16-5-2-8-17(24)13-16)21(25)28(23(27)32)12-4-7-15-6-3-9-18(29)14-15/h2-3,5-6,8-9,13-14,29H,10-12H2,1H3,(H,26,30). The average Bonchev–Trinajstić information content (AvgIpc) is 2.76. The summed E-state index contributed by atoms with van der Waals surface area (Å²) in [4.78, 5) is 37.4. The Labute approximate surface area is 193 Å². The molecule has 164 valence electrons. The highest BCUT2D eigenvalue weighted by Crippen LogP contribution is 2.17. The van der Waals surface area contributed by atoms with E-state index in [4.69, 9.17) is 23.2 Å². The molecule has 32 heavy (non-hydrogen) atoms. The third kappa shape index (κ3) is 5.61. The van der Waals surface area contributed by atoms with Gasteiger partial charge in [0.2, 0.25) is 5.91 Å². The van der Waals surface area contributed by atoms with Crippen LogP contribution in [0, 0.1) is 11.8 Å². The molecule has 1 heterocycles. The lowest BCUT2D eigenvalue weighted by Crippen LogP contribution is -2.40. The van der Waals surface area contributed by atoms with Crippen molar-refractivity contribution in [2.75, 3.05) is 5.32 Å². The van der Waals surface area contributed by atoms with E-state index in [1.165, 1.54) is 19.2 Å². The van der Waals surface area contributed by atoms with Crippen LogP contribution < -0.4 is 16.6 Å². The molecule has 0 bridgehead atoms. The lowest BCUT2D eigenvalue weighted by molar-refractivity contribution is -0.116. The van der Waals surface area contributed by atoms with Gasteiger partial charge in [-0.3, -0.25) is 18.7 Å². The second-order valence-electron chi connectivity index (χ2n) is 6.93. The number of aromatic hydroxyl groups is 1. The molecule has 3 aromatic rings. The van der Waals surface area contributed by atoms with Gasteiger partial charge in [-0.1, -0.05) is 53.2 Å². The van der Waals surface area contributed by atoms with E-state index in [2.05, 4.69) is 17.2 Å². The third-order valence-corrected chi connectivity index (χ3v) is 5.22. The van der Waals surface area contributed by atoms with Crippen molar-refractivity contribution in [1.29, 1.82) is 0 Å². The van der Waals surface area contributed by atoms with Crippen LogP contribution in [0.2, 0.25) is 10.2 Å². The van der Waals surface area contributed by atoms with Crippen LogP contribution in [0.3, 0.4) is 0 Å². The van der Waals surface area contributed by atoms with Crippen molar-refractivity contribution in [3.63, 3.8) is 0 Å². The summed E-state index contributed by atoms with van der Waals surface area (Å²) in [5.74, 6) is 5.23. The highest BCUT2D eigenvalue weighted by atomic mass is 35.5. The molecule has 1 aromatic heterocycles. The Morgan fingerprint density at radius 2 is 1.88 bits per heavy atom. The minimum atomic E-state index is -0.715. The van der Waals surface area contributed by atoms with E-state index in [1.54, 1.807) is 30.3 Å². The van der Waals surface area contributed by atoms with E-state index in [-0.39, 0.29) is 29.6 Å². The summed E-state index contributed by atoms with van der Waals surface area (Å²) < 4.78 is 1.94. The third-order valence-electron chi connectivity index (χ3n) is 4.59. The molecule has 0 unspecified atom stereocenters. The highest BCUT2D eigenvalue weighted by Gasteiger charge is 2.17. The van der Waals surface area contributed by atoms with Crippen molar-refractivity contribution >= 4 is 34.8 Å². The smallest absolute Gasteiger partial charge is 0.332 e. The van der Waals surface area contributed by atoms with Crippen molar-refractivity contribution in [2.45, 2.75) is 19.4 Å². The van der Waals surface area contributed by atoms with Crippen LogP contribution in [0.15, 0.2) is 58.1 Å². The van der Waals surface area contributed by atoms with Gasteiger partial charge in [0.15, 0.2) is 0 Å². The summed E-state index contributed by atoms with van der Waals surface area (Å²) in [6.45, 7) is -0.118. The lowest BCUT2D eigenvalue weighted by Gasteiger charge is -2.13. The van der Waals surface area contributed by atoms with Crippen LogP contribution in [-0.4, -0.2) is 20.1 Å². The maximum atomic E-state index is 12.5. The molecule has 2 aromatic carbocycles. The number of rotatable bonds is 5. The van der Waals surface area contributed by atoms with Crippen LogP contribution in [0.5, 0.6) is 5.75 Å². The van der Waals surface area contributed by atoms with Gasteiger partial charge in [0, 0.05) is 24.1 Å². The molecule has 9 heteroatoms. The zero-order valence-corrected chi connectivity index (χ0v) is 18.6. The van der Waals surface area contributed by atoms with E-state index in [1.807, 2.05) is 6.07 Å². The number of phenols is 1. The van der Waals surface area contributed by atoms with Gasteiger partial charge in [0.05, 0.1) is 6.54 Å². The Morgan fingerprint density at radius 1 is 1.12 bits per heavy atom. The van der Waals surface area contributed by atoms with Gasteiger partial charge < -0.3 is 10.4 Å². The molecule has 0 saturated heterocycles. The molecule has 0 fully saturated rings. The van der Waals surface area contributed by atoms with Crippen LogP contribution in [0.1, 0.15) is 17.5 Å². The Bertz CT molecular complexity index is 1350. The fourth-order valence-electron chi connectivity index (χ4n) is 2.94. The van der Waals surface area contributed by atoms with Crippen molar-refractivity contribution in [1.82, 2.24) is 9.13 Å². The fraction of sp³-hybridized carbons (Fsp3) is 0.174. The quantitative estimate of drug-likeness (QED) is 0.441. The number of anilines is 1. The SMILES string of the molecule is Cn1c(=O)c(NC(=O)CCc2cccc(Cl)c2)c(Cl)n(CC#Cc2cccc(O)c2)c1=O. The Balaban J connectivity index is 1.81. The van der Waals surface area contributed by atoms with Gasteiger partial charge in [-0.05, 0) is 42.3 Å². The maximum Gasteiger partial charge on any atom is 0.332 e. The first-order chi connectivity index (χ1) is 15.3. The van der Waals surface area contributed by atoms with Crippen molar-refractivity contribution in [2.24, 2.45) is 7.05 Å². The summed E-state index contributed by atoms with van der Waals surface area (Å²) in [7, 11) is 1.29. The molecule has 2 N–H and O–H groups in total. The first-order valence-electron chi connectivity index (χ1n) is 9.58. The van der Waals surface area contributed by atoms with Crippen molar-refractivity contribution < 1.29 is 9.90 Å². The van der Waals surface area contributed by atoms with E-state index >= 15 is 0 Å². The van der Waals surface area contributed by atoms with Crippen LogP contribution in [0.4, 0.5) is 5.69 Å². The number of carbonyl (C=O) groups excluding carboxylic acids is 1. The first kappa shape index (κ1) is 23.2. The van der Waals surface area contributed by atoms with E-state index < -0.39 is 17.2 Å². The van der Waals surface area contributed by atoms with Crippen LogP contribution in [0.25, 0.3) is 0 Å².